The number of carbonyl (C=O) groups excluding carboxylic acids is 3. The van der Waals surface area contributed by atoms with Crippen LogP contribution in [0.5, 0.6) is 0 Å². The zero-order valence-corrected chi connectivity index (χ0v) is 16.1. The lowest BCUT2D eigenvalue weighted by molar-refractivity contribution is -0.156. The van der Waals surface area contributed by atoms with Crippen LogP contribution >= 0.6 is 23.2 Å². The maximum absolute atomic E-state index is 11.9. The lowest BCUT2D eigenvalue weighted by Crippen LogP contribution is -2.38. The van der Waals surface area contributed by atoms with E-state index in [1.165, 1.54) is 13.2 Å². The van der Waals surface area contributed by atoms with Crippen LogP contribution in [-0.4, -0.2) is 60.0 Å². The smallest absolute Gasteiger partial charge is 0.343 e. The molecule has 0 spiro atoms. The summed E-state index contributed by atoms with van der Waals surface area (Å²) >= 11 is 11.8. The van der Waals surface area contributed by atoms with Crippen molar-refractivity contribution >= 4 is 46.6 Å². The van der Waals surface area contributed by atoms with E-state index in [0.29, 0.717) is 21.3 Å². The van der Waals surface area contributed by atoms with Gasteiger partial charge in [-0.3, -0.25) is 19.9 Å². The fourth-order valence-corrected chi connectivity index (χ4v) is 2.59. The summed E-state index contributed by atoms with van der Waals surface area (Å²) in [5, 5.41) is 19.7. The highest BCUT2D eigenvalue weighted by Crippen LogP contribution is 2.25. The maximum Gasteiger partial charge on any atom is 0.343 e. The van der Waals surface area contributed by atoms with E-state index in [0.717, 1.165) is 0 Å². The molecule has 1 aromatic rings. The van der Waals surface area contributed by atoms with Crippen molar-refractivity contribution in [3.63, 3.8) is 0 Å². The van der Waals surface area contributed by atoms with Gasteiger partial charge in [-0.05, 0) is 18.2 Å². The second-order valence-electron chi connectivity index (χ2n) is 5.67. The largest absolute Gasteiger partial charge is 0.463 e. The molecule has 0 aromatic heterocycles. The Morgan fingerprint density at radius 2 is 2.07 bits per heavy atom. The molecule has 0 aliphatic carbocycles. The van der Waals surface area contributed by atoms with Gasteiger partial charge in [-0.15, -0.1) is 0 Å². The van der Waals surface area contributed by atoms with Gasteiger partial charge in [-0.25, -0.2) is 4.79 Å². The van der Waals surface area contributed by atoms with Crippen LogP contribution in [0.3, 0.4) is 0 Å². The van der Waals surface area contributed by atoms with Crippen LogP contribution in [0.15, 0.2) is 24.3 Å². The number of rotatable bonds is 8. The Hall–Kier alpha value is -2.17. The predicted molar refractivity (Wildman–Crippen MR) is 97.1 cm³/mol. The van der Waals surface area contributed by atoms with Gasteiger partial charge in [0.1, 0.15) is 12.7 Å². The summed E-state index contributed by atoms with van der Waals surface area (Å²) in [6.45, 7) is -0.594. The SMILES string of the molecule is CON/C(=C\CC(=O)OC[C@H](O)[C@H]1OC(=O)C(O)C1=O)c1ccc(Cl)c(Cl)c1. The summed E-state index contributed by atoms with van der Waals surface area (Å²) in [6, 6.07) is 4.81. The van der Waals surface area contributed by atoms with Gasteiger partial charge >= 0.3 is 11.9 Å². The summed E-state index contributed by atoms with van der Waals surface area (Å²) in [5.74, 6) is -2.87. The standard InChI is InChI=1S/C17H17Cl2NO8/c1-26-20-11(8-2-3-9(18)10(19)6-8)4-5-13(22)27-7-12(21)16-14(23)15(24)17(25)28-16/h2-4,6,12,15-16,20-21,24H,5,7H2,1H3/b11-4-/t12-,15?,16+/m0/s1. The molecule has 0 saturated carbocycles. The minimum atomic E-state index is -1.94. The molecule has 3 atom stereocenters. The van der Waals surface area contributed by atoms with E-state index in [9.17, 15) is 24.6 Å². The number of aliphatic hydroxyl groups is 2. The molecule has 0 bridgehead atoms. The molecular formula is C17H17Cl2NO8. The number of ketones is 1. The van der Waals surface area contributed by atoms with Gasteiger partial charge in [-0.1, -0.05) is 29.3 Å². The molecule has 2 rings (SSSR count). The van der Waals surface area contributed by atoms with Gasteiger partial charge in [0.25, 0.3) is 0 Å². The molecule has 3 N–H and O–H groups in total. The molecule has 11 heteroatoms. The minimum Gasteiger partial charge on any atom is -0.463 e. The van der Waals surface area contributed by atoms with Gasteiger partial charge in [-0.2, -0.15) is 0 Å². The number of benzene rings is 1. The van der Waals surface area contributed by atoms with Crippen LogP contribution < -0.4 is 5.48 Å². The molecule has 1 aliphatic heterocycles. The van der Waals surface area contributed by atoms with Gasteiger partial charge < -0.3 is 19.7 Å². The van der Waals surface area contributed by atoms with Gasteiger partial charge in [0, 0.05) is 5.56 Å². The van der Waals surface area contributed by atoms with Gasteiger partial charge in [0.2, 0.25) is 11.9 Å². The van der Waals surface area contributed by atoms with E-state index in [2.05, 4.69) is 10.2 Å². The molecule has 1 aromatic carbocycles. The second kappa shape index (κ2) is 9.85. The van der Waals surface area contributed by atoms with E-state index in [1.807, 2.05) is 0 Å². The Bertz CT molecular complexity index is 797. The molecule has 1 aliphatic rings. The quantitative estimate of drug-likeness (QED) is 0.306. The lowest BCUT2D eigenvalue weighted by atomic mass is 10.1. The molecule has 0 amide bonds. The molecule has 1 heterocycles. The Morgan fingerprint density at radius 3 is 2.64 bits per heavy atom. The first-order chi connectivity index (χ1) is 13.2. The van der Waals surface area contributed by atoms with Crippen molar-refractivity contribution < 1.29 is 38.9 Å². The monoisotopic (exact) mass is 433 g/mol. The van der Waals surface area contributed by atoms with Crippen molar-refractivity contribution in [2.75, 3.05) is 13.7 Å². The number of hydroxylamine groups is 1. The zero-order valence-electron chi connectivity index (χ0n) is 14.6. The van der Waals surface area contributed by atoms with Crippen LogP contribution in [0.25, 0.3) is 5.70 Å². The van der Waals surface area contributed by atoms with E-state index in [1.54, 1.807) is 18.2 Å². The molecule has 1 fully saturated rings. The third-order valence-corrected chi connectivity index (χ3v) is 4.44. The highest BCUT2D eigenvalue weighted by molar-refractivity contribution is 6.42. The van der Waals surface area contributed by atoms with Crippen molar-refractivity contribution in [1.29, 1.82) is 0 Å². The van der Waals surface area contributed by atoms with Crippen LogP contribution in [0, 0.1) is 0 Å². The number of carbonyl (C=O) groups is 3. The Kier molecular flexibility index (Phi) is 7.78. The minimum absolute atomic E-state index is 0.209. The lowest BCUT2D eigenvalue weighted by Gasteiger charge is -2.15. The zero-order chi connectivity index (χ0) is 20.8. The van der Waals surface area contributed by atoms with Crippen molar-refractivity contribution in [1.82, 2.24) is 5.48 Å². The van der Waals surface area contributed by atoms with E-state index >= 15 is 0 Å². The Morgan fingerprint density at radius 1 is 1.36 bits per heavy atom. The molecule has 1 unspecified atom stereocenters. The van der Waals surface area contributed by atoms with E-state index < -0.39 is 42.6 Å². The van der Waals surface area contributed by atoms with Crippen LogP contribution in [0.4, 0.5) is 0 Å². The summed E-state index contributed by atoms with van der Waals surface area (Å²) in [5.41, 5.74) is 3.62. The molecule has 152 valence electrons. The second-order valence-corrected chi connectivity index (χ2v) is 6.48. The summed E-state index contributed by atoms with van der Waals surface area (Å²) in [6.07, 6.45) is -3.85. The van der Waals surface area contributed by atoms with Crippen molar-refractivity contribution in [2.45, 2.75) is 24.7 Å². The number of hydrogen-bond donors (Lipinski definition) is 3. The van der Waals surface area contributed by atoms with Crippen LogP contribution in [-0.2, 0) is 28.7 Å². The first kappa shape index (κ1) is 22.1. The summed E-state index contributed by atoms with van der Waals surface area (Å²) in [4.78, 5) is 39.4. The fourth-order valence-electron chi connectivity index (χ4n) is 2.29. The normalized spacial score (nSPS) is 20.7. The fraction of sp³-hybridized carbons (Fsp3) is 0.353. The Labute approximate surface area is 169 Å². The first-order valence-electron chi connectivity index (χ1n) is 7.95. The number of ether oxygens (including phenoxy) is 2. The molecule has 28 heavy (non-hydrogen) atoms. The van der Waals surface area contributed by atoms with Crippen LogP contribution in [0.2, 0.25) is 10.0 Å². The molecule has 9 nitrogen and oxygen atoms in total. The maximum atomic E-state index is 11.9. The average Bonchev–Trinajstić information content (AvgIpc) is 2.92. The van der Waals surface area contributed by atoms with Crippen molar-refractivity contribution in [2.24, 2.45) is 0 Å². The summed E-state index contributed by atoms with van der Waals surface area (Å²) < 4.78 is 9.42. The number of Topliss-reactive ketones (excluding diaryl/α,β-unsaturated/α-hetero) is 1. The third-order valence-electron chi connectivity index (χ3n) is 3.70. The van der Waals surface area contributed by atoms with E-state index in [-0.39, 0.29) is 6.42 Å². The Balaban J connectivity index is 1.94. The molecule has 1 saturated heterocycles. The van der Waals surface area contributed by atoms with Gasteiger partial charge in [0.15, 0.2) is 6.10 Å². The highest BCUT2D eigenvalue weighted by Gasteiger charge is 2.46. The predicted octanol–water partition coefficient (Wildman–Crippen LogP) is 0.635. The topological polar surface area (TPSA) is 131 Å². The number of halogens is 2. The van der Waals surface area contributed by atoms with Crippen LogP contribution in [0.1, 0.15) is 12.0 Å². The third kappa shape index (κ3) is 5.43. The highest BCUT2D eigenvalue weighted by atomic mass is 35.5. The molecular weight excluding hydrogens is 417 g/mol. The average molecular weight is 434 g/mol. The number of aliphatic hydroxyl groups excluding tert-OH is 2. The number of cyclic esters (lactones) is 1. The molecule has 0 radical (unpaired) electrons. The number of nitrogens with one attached hydrogen (secondary N) is 1. The van der Waals surface area contributed by atoms with Gasteiger partial charge in [0.05, 0.1) is 29.3 Å². The first-order valence-corrected chi connectivity index (χ1v) is 8.70. The van der Waals surface area contributed by atoms with Crippen molar-refractivity contribution in [3.8, 4) is 0 Å². The van der Waals surface area contributed by atoms with Crippen molar-refractivity contribution in [3.05, 3.63) is 39.9 Å². The summed E-state index contributed by atoms with van der Waals surface area (Å²) in [7, 11) is 1.38. The number of hydrogen-bond acceptors (Lipinski definition) is 9. The van der Waals surface area contributed by atoms with E-state index in [4.69, 9.17) is 32.8 Å². The number of esters is 2.